The summed E-state index contributed by atoms with van der Waals surface area (Å²) in [6.45, 7) is 0. The van der Waals surface area contributed by atoms with E-state index in [1.807, 2.05) is 0 Å². The van der Waals surface area contributed by atoms with Crippen molar-refractivity contribution in [2.75, 3.05) is 0 Å². The van der Waals surface area contributed by atoms with Crippen LogP contribution >= 0.6 is 23.2 Å². The molecular weight excluding hydrogens is 171 g/mol. The highest BCUT2D eigenvalue weighted by atomic mass is 35.5. The maximum Gasteiger partial charge on any atom is 0.139 e. The lowest BCUT2D eigenvalue weighted by atomic mass is 10.3. The molecule has 1 aromatic heterocycles. The largest absolute Gasteiger partial charge is 0.308 e. The minimum Gasteiger partial charge on any atom is -0.308 e. The predicted octanol–water partition coefficient (Wildman–Crippen LogP) is 2.39. The number of pyridine rings is 1. The fourth-order valence-corrected chi connectivity index (χ4v) is 0.930. The Kier molecular flexibility index (Phi) is 2.25. The molecule has 0 fully saturated rings. The first kappa shape index (κ1) is 7.51. The van der Waals surface area contributed by atoms with Gasteiger partial charge in [0.05, 0.1) is 0 Å². The zero-order valence-corrected chi connectivity index (χ0v) is 6.45. The SMILES string of the molecule is N=Cc1ccc(Cl)nc1Cl. The van der Waals surface area contributed by atoms with E-state index < -0.39 is 0 Å². The van der Waals surface area contributed by atoms with Gasteiger partial charge < -0.3 is 5.41 Å². The van der Waals surface area contributed by atoms with Crippen molar-refractivity contribution < 1.29 is 0 Å². The zero-order chi connectivity index (χ0) is 7.56. The standard InChI is InChI=1S/C6H4Cl2N2/c7-5-2-1-4(3-9)6(8)10-5/h1-3,9H. The third kappa shape index (κ3) is 1.46. The van der Waals surface area contributed by atoms with Crippen molar-refractivity contribution in [2.24, 2.45) is 0 Å². The Morgan fingerprint density at radius 1 is 1.40 bits per heavy atom. The number of hydrogen-bond acceptors (Lipinski definition) is 2. The molecule has 0 aliphatic rings. The number of aromatic nitrogens is 1. The molecular formula is C6H4Cl2N2. The van der Waals surface area contributed by atoms with Crippen molar-refractivity contribution in [3.05, 3.63) is 28.0 Å². The number of nitrogens with zero attached hydrogens (tertiary/aromatic N) is 1. The van der Waals surface area contributed by atoms with Gasteiger partial charge in [0.25, 0.3) is 0 Å². The first-order chi connectivity index (χ1) is 4.74. The van der Waals surface area contributed by atoms with Crippen LogP contribution in [0, 0.1) is 5.41 Å². The van der Waals surface area contributed by atoms with Gasteiger partial charge in [-0.25, -0.2) is 4.98 Å². The van der Waals surface area contributed by atoms with Crippen LogP contribution < -0.4 is 0 Å². The molecule has 1 heterocycles. The molecule has 0 aromatic carbocycles. The van der Waals surface area contributed by atoms with E-state index in [-0.39, 0.29) is 5.15 Å². The highest BCUT2D eigenvalue weighted by molar-refractivity contribution is 6.33. The highest BCUT2D eigenvalue weighted by Crippen LogP contribution is 2.13. The molecule has 0 saturated carbocycles. The summed E-state index contributed by atoms with van der Waals surface area (Å²) in [4.78, 5) is 3.72. The fourth-order valence-electron chi connectivity index (χ4n) is 0.531. The second-order valence-electron chi connectivity index (χ2n) is 1.66. The van der Waals surface area contributed by atoms with Gasteiger partial charge in [-0.05, 0) is 12.1 Å². The van der Waals surface area contributed by atoms with Crippen LogP contribution in [0.2, 0.25) is 10.3 Å². The summed E-state index contributed by atoms with van der Waals surface area (Å²) in [5, 5.41) is 7.47. The van der Waals surface area contributed by atoms with Gasteiger partial charge in [0.2, 0.25) is 0 Å². The Morgan fingerprint density at radius 2 is 2.10 bits per heavy atom. The number of rotatable bonds is 1. The third-order valence-corrected chi connectivity index (χ3v) is 1.51. The molecule has 0 aliphatic heterocycles. The molecule has 52 valence electrons. The van der Waals surface area contributed by atoms with E-state index in [1.54, 1.807) is 12.1 Å². The summed E-state index contributed by atoms with van der Waals surface area (Å²) >= 11 is 11.1. The quantitative estimate of drug-likeness (QED) is 0.516. The van der Waals surface area contributed by atoms with E-state index >= 15 is 0 Å². The minimum absolute atomic E-state index is 0.266. The predicted molar refractivity (Wildman–Crippen MR) is 42.1 cm³/mol. The minimum atomic E-state index is 0.266. The molecule has 1 aromatic rings. The molecule has 0 saturated heterocycles. The van der Waals surface area contributed by atoms with Crippen molar-refractivity contribution in [3.8, 4) is 0 Å². The maximum atomic E-state index is 6.86. The molecule has 10 heavy (non-hydrogen) atoms. The van der Waals surface area contributed by atoms with Gasteiger partial charge in [0, 0.05) is 11.8 Å². The summed E-state index contributed by atoms with van der Waals surface area (Å²) in [7, 11) is 0. The van der Waals surface area contributed by atoms with Crippen molar-refractivity contribution >= 4 is 29.4 Å². The first-order valence-corrected chi connectivity index (χ1v) is 3.32. The van der Waals surface area contributed by atoms with Crippen LogP contribution in [0.4, 0.5) is 0 Å². The van der Waals surface area contributed by atoms with Gasteiger partial charge in [0.1, 0.15) is 10.3 Å². The van der Waals surface area contributed by atoms with E-state index in [0.29, 0.717) is 10.7 Å². The normalized spacial score (nSPS) is 9.40. The molecule has 0 radical (unpaired) electrons. The Morgan fingerprint density at radius 3 is 2.60 bits per heavy atom. The third-order valence-electron chi connectivity index (χ3n) is 0.999. The maximum absolute atomic E-state index is 6.86. The lowest BCUT2D eigenvalue weighted by Crippen LogP contribution is -1.84. The lowest BCUT2D eigenvalue weighted by molar-refractivity contribution is 1.31. The topological polar surface area (TPSA) is 36.7 Å². The van der Waals surface area contributed by atoms with Crippen LogP contribution in [-0.2, 0) is 0 Å². The lowest BCUT2D eigenvalue weighted by Gasteiger charge is -1.94. The number of halogens is 2. The smallest absolute Gasteiger partial charge is 0.139 e. The Labute approximate surface area is 68.3 Å². The van der Waals surface area contributed by atoms with E-state index in [9.17, 15) is 0 Å². The molecule has 0 spiro atoms. The molecule has 4 heteroatoms. The summed E-state index contributed by atoms with van der Waals surface area (Å²) in [6, 6.07) is 3.23. The molecule has 0 bridgehead atoms. The fraction of sp³-hybridized carbons (Fsp3) is 0. The van der Waals surface area contributed by atoms with Crippen LogP contribution in [0.1, 0.15) is 5.56 Å². The van der Waals surface area contributed by atoms with Gasteiger partial charge in [-0.1, -0.05) is 23.2 Å². The summed E-state index contributed by atoms with van der Waals surface area (Å²) in [5.41, 5.74) is 0.575. The molecule has 0 amide bonds. The van der Waals surface area contributed by atoms with Gasteiger partial charge in [-0.15, -0.1) is 0 Å². The van der Waals surface area contributed by atoms with E-state index in [1.165, 1.54) is 0 Å². The average Bonchev–Trinajstić information content (AvgIpc) is 1.88. The second kappa shape index (κ2) is 2.99. The van der Waals surface area contributed by atoms with Crippen molar-refractivity contribution in [2.45, 2.75) is 0 Å². The summed E-state index contributed by atoms with van der Waals surface area (Å²) in [6.07, 6.45) is 1.13. The zero-order valence-electron chi connectivity index (χ0n) is 4.94. The highest BCUT2D eigenvalue weighted by Gasteiger charge is 1.97. The average molecular weight is 175 g/mol. The van der Waals surface area contributed by atoms with Crippen LogP contribution in [-0.4, -0.2) is 11.2 Å². The first-order valence-electron chi connectivity index (χ1n) is 2.56. The molecule has 0 unspecified atom stereocenters. The van der Waals surface area contributed by atoms with Crippen LogP contribution in [0.3, 0.4) is 0 Å². The van der Waals surface area contributed by atoms with Crippen molar-refractivity contribution in [1.29, 1.82) is 5.41 Å². The molecule has 0 aliphatic carbocycles. The van der Waals surface area contributed by atoms with E-state index in [4.69, 9.17) is 28.6 Å². The van der Waals surface area contributed by atoms with Crippen molar-refractivity contribution in [1.82, 2.24) is 4.98 Å². The van der Waals surface area contributed by atoms with Crippen molar-refractivity contribution in [3.63, 3.8) is 0 Å². The van der Waals surface area contributed by atoms with Crippen LogP contribution in [0.15, 0.2) is 12.1 Å². The molecule has 2 nitrogen and oxygen atoms in total. The molecule has 1 rings (SSSR count). The van der Waals surface area contributed by atoms with Gasteiger partial charge in [-0.2, -0.15) is 0 Å². The van der Waals surface area contributed by atoms with Gasteiger partial charge in [0.15, 0.2) is 0 Å². The van der Waals surface area contributed by atoms with Gasteiger partial charge >= 0.3 is 0 Å². The van der Waals surface area contributed by atoms with Crippen LogP contribution in [0.5, 0.6) is 0 Å². The molecule has 1 N–H and O–H groups in total. The molecule has 0 atom stereocenters. The Bertz CT molecular complexity index is 260. The number of nitrogens with one attached hydrogen (secondary N) is 1. The van der Waals surface area contributed by atoms with Gasteiger partial charge in [-0.3, -0.25) is 0 Å². The number of hydrogen-bond donors (Lipinski definition) is 1. The Hall–Kier alpha value is -0.600. The van der Waals surface area contributed by atoms with E-state index in [0.717, 1.165) is 6.21 Å². The monoisotopic (exact) mass is 174 g/mol. The van der Waals surface area contributed by atoms with E-state index in [2.05, 4.69) is 4.98 Å². The Balaban J connectivity index is 3.19. The summed E-state index contributed by atoms with van der Waals surface area (Å²) < 4.78 is 0. The second-order valence-corrected chi connectivity index (χ2v) is 2.40. The summed E-state index contributed by atoms with van der Waals surface area (Å²) in [5.74, 6) is 0. The van der Waals surface area contributed by atoms with Crippen LogP contribution in [0.25, 0.3) is 0 Å².